The minimum absolute atomic E-state index is 0.0681. The van der Waals surface area contributed by atoms with Gasteiger partial charge in [-0.25, -0.2) is 4.79 Å². The topological polar surface area (TPSA) is 35.5 Å². The van der Waals surface area contributed by atoms with Crippen LogP contribution >= 0.6 is 0 Å². The van der Waals surface area contributed by atoms with Crippen molar-refractivity contribution >= 4 is 5.97 Å². The summed E-state index contributed by atoms with van der Waals surface area (Å²) >= 11 is 0. The van der Waals surface area contributed by atoms with Crippen molar-refractivity contribution in [1.29, 1.82) is 0 Å². The van der Waals surface area contributed by atoms with Gasteiger partial charge in [-0.3, -0.25) is 0 Å². The fraction of sp³-hybridized carbons (Fsp3) is 0.0952. The molecular formula is C21H16O3. The number of esters is 1. The summed E-state index contributed by atoms with van der Waals surface area (Å²) in [5, 5.41) is 0. The zero-order valence-electron chi connectivity index (χ0n) is 13.2. The van der Waals surface area contributed by atoms with E-state index in [1.54, 1.807) is 0 Å². The molecule has 3 aromatic rings. The smallest absolute Gasteiger partial charge is 0.338 e. The van der Waals surface area contributed by atoms with Gasteiger partial charge in [0.05, 0.1) is 12.7 Å². The van der Waals surface area contributed by atoms with E-state index in [0.29, 0.717) is 5.56 Å². The number of ether oxygens (including phenoxy) is 2. The lowest BCUT2D eigenvalue weighted by atomic mass is 9.81. The zero-order valence-corrected chi connectivity index (χ0v) is 13.2. The number of hydrogen-bond donors (Lipinski definition) is 0. The van der Waals surface area contributed by atoms with E-state index in [9.17, 15) is 4.79 Å². The van der Waals surface area contributed by atoms with E-state index in [4.69, 9.17) is 9.47 Å². The van der Waals surface area contributed by atoms with Crippen molar-refractivity contribution in [2.24, 2.45) is 0 Å². The fourth-order valence-corrected chi connectivity index (χ4v) is 3.29. The predicted octanol–water partition coefficient (Wildman–Crippen LogP) is 4.76. The number of rotatable bonds is 2. The SMILES string of the molecule is COC(=O)c1ccccc1C1c2ccccc2Oc2ccccc21. The Morgan fingerprint density at radius 1 is 0.792 bits per heavy atom. The summed E-state index contributed by atoms with van der Waals surface area (Å²) in [6.07, 6.45) is 0. The molecule has 0 bridgehead atoms. The fourth-order valence-electron chi connectivity index (χ4n) is 3.29. The summed E-state index contributed by atoms with van der Waals surface area (Å²) in [7, 11) is 1.41. The molecule has 0 N–H and O–H groups in total. The molecule has 24 heavy (non-hydrogen) atoms. The highest BCUT2D eigenvalue weighted by Gasteiger charge is 2.30. The van der Waals surface area contributed by atoms with E-state index < -0.39 is 0 Å². The second-order valence-corrected chi connectivity index (χ2v) is 5.69. The lowest BCUT2D eigenvalue weighted by Crippen LogP contribution is -2.15. The number of methoxy groups -OCH3 is 1. The largest absolute Gasteiger partial charge is 0.465 e. The average molecular weight is 316 g/mol. The van der Waals surface area contributed by atoms with Crippen molar-refractivity contribution in [3.8, 4) is 11.5 Å². The first kappa shape index (κ1) is 14.5. The van der Waals surface area contributed by atoms with Crippen LogP contribution in [0.15, 0.2) is 72.8 Å². The number of carbonyl (C=O) groups excluding carboxylic acids is 1. The molecule has 3 nitrogen and oxygen atoms in total. The summed E-state index contributed by atoms with van der Waals surface area (Å²) < 4.78 is 11.0. The van der Waals surface area contributed by atoms with E-state index in [1.165, 1.54) is 7.11 Å². The first-order valence-electron chi connectivity index (χ1n) is 7.82. The van der Waals surface area contributed by atoms with Crippen LogP contribution in [-0.2, 0) is 4.74 Å². The molecule has 0 atom stereocenters. The molecule has 1 aliphatic heterocycles. The lowest BCUT2D eigenvalue weighted by molar-refractivity contribution is 0.0599. The second-order valence-electron chi connectivity index (χ2n) is 5.69. The molecule has 0 saturated heterocycles. The molecule has 1 aliphatic rings. The van der Waals surface area contributed by atoms with Crippen LogP contribution in [0.25, 0.3) is 0 Å². The third kappa shape index (κ3) is 2.26. The molecule has 0 unspecified atom stereocenters. The number of hydrogen-bond acceptors (Lipinski definition) is 3. The van der Waals surface area contributed by atoms with Gasteiger partial charge in [-0.1, -0.05) is 54.6 Å². The Morgan fingerprint density at radius 3 is 1.88 bits per heavy atom. The quantitative estimate of drug-likeness (QED) is 0.500. The third-order valence-corrected chi connectivity index (χ3v) is 4.36. The molecule has 3 heteroatoms. The molecule has 4 rings (SSSR count). The van der Waals surface area contributed by atoms with Gasteiger partial charge in [0.15, 0.2) is 0 Å². The standard InChI is InChI=1S/C21H16O3/c1-23-21(22)15-9-3-2-8-14(15)20-16-10-4-6-12-18(16)24-19-13-7-5-11-17(19)20/h2-13,20H,1H3. The minimum atomic E-state index is -0.327. The molecule has 0 aromatic heterocycles. The second kappa shape index (κ2) is 5.85. The number of para-hydroxylation sites is 2. The van der Waals surface area contributed by atoms with Gasteiger partial charge in [0.25, 0.3) is 0 Å². The van der Waals surface area contributed by atoms with Gasteiger partial charge in [-0.05, 0) is 23.8 Å². The van der Waals surface area contributed by atoms with E-state index in [2.05, 4.69) is 0 Å². The van der Waals surface area contributed by atoms with Crippen molar-refractivity contribution < 1.29 is 14.3 Å². The molecule has 0 aliphatic carbocycles. The normalized spacial score (nSPS) is 12.7. The van der Waals surface area contributed by atoms with Gasteiger partial charge in [-0.2, -0.15) is 0 Å². The highest BCUT2D eigenvalue weighted by atomic mass is 16.5. The van der Waals surface area contributed by atoms with Gasteiger partial charge >= 0.3 is 5.97 Å². The van der Waals surface area contributed by atoms with Crippen molar-refractivity contribution in [1.82, 2.24) is 0 Å². The molecule has 0 saturated carbocycles. The lowest BCUT2D eigenvalue weighted by Gasteiger charge is -2.29. The number of carbonyl (C=O) groups is 1. The molecule has 3 aromatic carbocycles. The summed E-state index contributed by atoms with van der Waals surface area (Å²) in [4.78, 5) is 12.2. The summed E-state index contributed by atoms with van der Waals surface area (Å²) in [6.45, 7) is 0. The molecule has 0 fully saturated rings. The van der Waals surface area contributed by atoms with Crippen molar-refractivity contribution in [2.45, 2.75) is 5.92 Å². The van der Waals surface area contributed by atoms with Gasteiger partial charge in [0, 0.05) is 17.0 Å². The van der Waals surface area contributed by atoms with Gasteiger partial charge in [0.1, 0.15) is 11.5 Å². The van der Waals surface area contributed by atoms with Gasteiger partial charge < -0.3 is 9.47 Å². The Balaban J connectivity index is 1.98. The van der Waals surface area contributed by atoms with Crippen LogP contribution in [0.5, 0.6) is 11.5 Å². The maximum Gasteiger partial charge on any atom is 0.338 e. The summed E-state index contributed by atoms with van der Waals surface area (Å²) in [5.74, 6) is 1.25. The Labute approximate surface area is 140 Å². The van der Waals surface area contributed by atoms with Gasteiger partial charge in [-0.15, -0.1) is 0 Å². The van der Waals surface area contributed by atoms with E-state index in [0.717, 1.165) is 28.2 Å². The van der Waals surface area contributed by atoms with Crippen molar-refractivity contribution in [3.05, 3.63) is 95.1 Å². The minimum Gasteiger partial charge on any atom is -0.465 e. The van der Waals surface area contributed by atoms with Crippen LogP contribution in [0, 0.1) is 0 Å². The molecule has 1 heterocycles. The number of fused-ring (bicyclic) bond motifs is 2. The van der Waals surface area contributed by atoms with Crippen LogP contribution in [0.1, 0.15) is 33.0 Å². The monoisotopic (exact) mass is 316 g/mol. The molecule has 118 valence electrons. The number of benzene rings is 3. The van der Waals surface area contributed by atoms with Crippen LogP contribution < -0.4 is 4.74 Å². The molecule has 0 spiro atoms. The molecule has 0 radical (unpaired) electrons. The first-order valence-corrected chi connectivity index (χ1v) is 7.82. The zero-order chi connectivity index (χ0) is 16.5. The third-order valence-electron chi connectivity index (χ3n) is 4.36. The van der Waals surface area contributed by atoms with E-state index in [-0.39, 0.29) is 11.9 Å². The maximum atomic E-state index is 12.2. The Kier molecular flexibility index (Phi) is 3.54. The van der Waals surface area contributed by atoms with Crippen molar-refractivity contribution in [2.75, 3.05) is 7.11 Å². The average Bonchev–Trinajstić information content (AvgIpc) is 2.65. The van der Waals surface area contributed by atoms with E-state index >= 15 is 0 Å². The van der Waals surface area contributed by atoms with Crippen LogP contribution in [0.3, 0.4) is 0 Å². The van der Waals surface area contributed by atoms with Crippen molar-refractivity contribution in [3.63, 3.8) is 0 Å². The summed E-state index contributed by atoms with van der Waals surface area (Å²) in [5.41, 5.74) is 3.60. The van der Waals surface area contributed by atoms with Crippen LogP contribution in [-0.4, -0.2) is 13.1 Å². The molecule has 0 amide bonds. The van der Waals surface area contributed by atoms with Gasteiger partial charge in [0.2, 0.25) is 0 Å². The Morgan fingerprint density at radius 2 is 1.29 bits per heavy atom. The summed E-state index contributed by atoms with van der Waals surface area (Å²) in [6, 6.07) is 23.5. The first-order chi connectivity index (χ1) is 11.8. The van der Waals surface area contributed by atoms with Crippen LogP contribution in [0.4, 0.5) is 0 Å². The van der Waals surface area contributed by atoms with E-state index in [1.807, 2.05) is 72.8 Å². The van der Waals surface area contributed by atoms with Crippen LogP contribution in [0.2, 0.25) is 0 Å². The predicted molar refractivity (Wildman–Crippen MR) is 91.7 cm³/mol. The Hall–Kier alpha value is -3.07. The highest BCUT2D eigenvalue weighted by molar-refractivity contribution is 5.91. The maximum absolute atomic E-state index is 12.2. The molecular weight excluding hydrogens is 300 g/mol. The highest BCUT2D eigenvalue weighted by Crippen LogP contribution is 2.47. The Bertz CT molecular complexity index is 869.